The molecular weight excluding hydrogens is 242 g/mol. The van der Waals surface area contributed by atoms with E-state index in [4.69, 9.17) is 4.74 Å². The lowest BCUT2D eigenvalue weighted by molar-refractivity contribution is -0.147. The summed E-state index contributed by atoms with van der Waals surface area (Å²) >= 11 is 0. The van der Waals surface area contributed by atoms with Crippen molar-refractivity contribution < 1.29 is 14.6 Å². The van der Waals surface area contributed by atoms with Crippen LogP contribution in [0, 0.1) is 11.8 Å². The zero-order chi connectivity index (χ0) is 13.7. The summed E-state index contributed by atoms with van der Waals surface area (Å²) in [6, 6.07) is 0.252. The molecule has 1 saturated carbocycles. The molecule has 0 aromatic rings. The Hall–Kier alpha value is -0.610. The van der Waals surface area contributed by atoms with E-state index in [0.717, 1.165) is 32.2 Å². The highest BCUT2D eigenvalue weighted by Crippen LogP contribution is 2.38. The normalized spacial score (nSPS) is 29.8. The van der Waals surface area contributed by atoms with Gasteiger partial charge in [0.25, 0.3) is 0 Å². The molecule has 1 aliphatic carbocycles. The summed E-state index contributed by atoms with van der Waals surface area (Å²) in [6.45, 7) is 4.14. The highest BCUT2D eigenvalue weighted by atomic mass is 16.5. The van der Waals surface area contributed by atoms with Gasteiger partial charge in [0.15, 0.2) is 0 Å². The van der Waals surface area contributed by atoms with Crippen LogP contribution in [0.1, 0.15) is 45.4 Å². The fourth-order valence-electron chi connectivity index (χ4n) is 3.51. The van der Waals surface area contributed by atoms with E-state index < -0.39 is 0 Å². The van der Waals surface area contributed by atoms with E-state index in [1.807, 2.05) is 4.90 Å². The second kappa shape index (κ2) is 7.25. The largest absolute Gasteiger partial charge is 0.396 e. The van der Waals surface area contributed by atoms with E-state index in [9.17, 15) is 9.90 Å². The van der Waals surface area contributed by atoms with Gasteiger partial charge in [0.2, 0.25) is 5.91 Å². The number of aliphatic hydroxyl groups excluding tert-OH is 1. The number of piperidine rings is 2. The molecule has 110 valence electrons. The summed E-state index contributed by atoms with van der Waals surface area (Å²) in [5, 5.41) is 9.42. The number of unbranched alkanes of at least 4 members (excludes halogenated alkanes) is 2. The Morgan fingerprint density at radius 3 is 2.89 bits per heavy atom. The fraction of sp³-hybridized carbons (Fsp3) is 0.933. The van der Waals surface area contributed by atoms with Crippen molar-refractivity contribution in [1.29, 1.82) is 0 Å². The van der Waals surface area contributed by atoms with E-state index in [1.54, 1.807) is 0 Å². The molecule has 0 spiro atoms. The minimum Gasteiger partial charge on any atom is -0.396 e. The molecule has 4 nitrogen and oxygen atoms in total. The monoisotopic (exact) mass is 269 g/mol. The number of carbonyl (C=O) groups is 1. The number of ether oxygens (including phenoxy) is 1. The van der Waals surface area contributed by atoms with Gasteiger partial charge in [-0.2, -0.15) is 0 Å². The van der Waals surface area contributed by atoms with E-state index in [1.165, 1.54) is 12.8 Å². The second-order valence-electron chi connectivity index (χ2n) is 5.99. The summed E-state index contributed by atoms with van der Waals surface area (Å²) in [5.41, 5.74) is 0. The third kappa shape index (κ3) is 3.69. The second-order valence-corrected chi connectivity index (χ2v) is 5.99. The van der Waals surface area contributed by atoms with Gasteiger partial charge in [-0.05, 0) is 31.6 Å². The summed E-state index contributed by atoms with van der Waals surface area (Å²) in [5.74, 6) is 0.993. The third-order valence-electron chi connectivity index (χ3n) is 4.58. The molecule has 1 N–H and O–H groups in total. The first-order valence-corrected chi connectivity index (χ1v) is 7.74. The van der Waals surface area contributed by atoms with Gasteiger partial charge < -0.3 is 14.7 Å². The van der Waals surface area contributed by atoms with Crippen LogP contribution in [0.4, 0.5) is 0 Å². The topological polar surface area (TPSA) is 49.8 Å². The molecule has 0 radical (unpaired) electrons. The molecule has 2 heterocycles. The Labute approximate surface area is 116 Å². The Morgan fingerprint density at radius 2 is 2.21 bits per heavy atom. The predicted octanol–water partition coefficient (Wildman–Crippen LogP) is 1.81. The molecule has 3 atom stereocenters. The van der Waals surface area contributed by atoms with Crippen molar-refractivity contribution >= 4 is 5.91 Å². The summed E-state index contributed by atoms with van der Waals surface area (Å²) in [6.07, 6.45) is 6.72. The van der Waals surface area contributed by atoms with Crippen LogP contribution in [0.3, 0.4) is 0 Å². The summed E-state index contributed by atoms with van der Waals surface area (Å²) in [4.78, 5) is 14.2. The first-order valence-electron chi connectivity index (χ1n) is 7.74. The van der Waals surface area contributed by atoms with Crippen molar-refractivity contribution in [2.75, 3.05) is 26.4 Å². The van der Waals surface area contributed by atoms with Gasteiger partial charge in [0.1, 0.15) is 6.61 Å². The average Bonchev–Trinajstić information content (AvgIpc) is 2.47. The molecule has 1 amide bonds. The number of hydrogen-bond donors (Lipinski definition) is 1. The van der Waals surface area contributed by atoms with E-state index in [-0.39, 0.29) is 31.1 Å². The minimum absolute atomic E-state index is 0.115. The molecule has 3 fully saturated rings. The Morgan fingerprint density at radius 1 is 1.37 bits per heavy atom. The zero-order valence-corrected chi connectivity index (χ0v) is 12.0. The van der Waals surface area contributed by atoms with Crippen LogP contribution >= 0.6 is 0 Å². The Balaban J connectivity index is 1.76. The van der Waals surface area contributed by atoms with Gasteiger partial charge in [-0.25, -0.2) is 0 Å². The zero-order valence-electron chi connectivity index (χ0n) is 12.0. The van der Waals surface area contributed by atoms with Gasteiger partial charge >= 0.3 is 0 Å². The molecule has 19 heavy (non-hydrogen) atoms. The molecule has 2 aliphatic heterocycles. The first kappa shape index (κ1) is 14.8. The van der Waals surface area contributed by atoms with Crippen LogP contribution in [0.5, 0.6) is 0 Å². The van der Waals surface area contributed by atoms with Gasteiger partial charge in [0, 0.05) is 31.7 Å². The van der Waals surface area contributed by atoms with E-state index in [2.05, 4.69) is 6.92 Å². The fourth-order valence-corrected chi connectivity index (χ4v) is 3.51. The van der Waals surface area contributed by atoms with Crippen LogP contribution in [0.15, 0.2) is 0 Å². The quantitative estimate of drug-likeness (QED) is 0.717. The van der Waals surface area contributed by atoms with E-state index >= 15 is 0 Å². The van der Waals surface area contributed by atoms with Gasteiger partial charge in [-0.3, -0.25) is 4.79 Å². The van der Waals surface area contributed by atoms with Crippen LogP contribution in [0.25, 0.3) is 0 Å². The molecule has 4 heteroatoms. The summed E-state index contributed by atoms with van der Waals surface area (Å²) < 4.78 is 5.47. The Bertz CT molecular complexity index is 295. The highest BCUT2D eigenvalue weighted by molar-refractivity contribution is 5.78. The van der Waals surface area contributed by atoms with Crippen LogP contribution in [-0.2, 0) is 9.53 Å². The van der Waals surface area contributed by atoms with Crippen molar-refractivity contribution in [3.63, 3.8) is 0 Å². The molecular formula is C15H27NO3. The lowest BCUT2D eigenvalue weighted by atomic mass is 9.73. The first-order chi connectivity index (χ1) is 9.26. The van der Waals surface area contributed by atoms with E-state index in [0.29, 0.717) is 12.5 Å². The molecule has 2 bridgehead atoms. The van der Waals surface area contributed by atoms with Gasteiger partial charge in [0.05, 0.1) is 0 Å². The number of carbonyl (C=O) groups excluding carboxylic acids is 1. The molecule has 0 aromatic heterocycles. The number of rotatable bonds is 7. The number of fused-ring (bicyclic) bond motifs is 3. The highest BCUT2D eigenvalue weighted by Gasteiger charge is 2.42. The van der Waals surface area contributed by atoms with Crippen molar-refractivity contribution in [1.82, 2.24) is 4.90 Å². The summed E-state index contributed by atoms with van der Waals surface area (Å²) in [7, 11) is 0. The van der Waals surface area contributed by atoms with Crippen molar-refractivity contribution in [3.05, 3.63) is 0 Å². The lowest BCUT2D eigenvalue weighted by Gasteiger charge is -2.49. The number of amides is 1. The maximum atomic E-state index is 12.2. The van der Waals surface area contributed by atoms with Crippen molar-refractivity contribution in [2.24, 2.45) is 11.8 Å². The van der Waals surface area contributed by atoms with Crippen molar-refractivity contribution in [3.8, 4) is 0 Å². The molecule has 3 rings (SSSR count). The molecule has 3 unspecified atom stereocenters. The molecule has 2 saturated heterocycles. The maximum Gasteiger partial charge on any atom is 0.248 e. The molecule has 3 aliphatic rings. The smallest absolute Gasteiger partial charge is 0.248 e. The van der Waals surface area contributed by atoms with Crippen LogP contribution < -0.4 is 0 Å². The van der Waals surface area contributed by atoms with Crippen molar-refractivity contribution in [2.45, 2.75) is 51.5 Å². The lowest BCUT2D eigenvalue weighted by Crippen LogP contribution is -2.56. The third-order valence-corrected chi connectivity index (χ3v) is 4.58. The van der Waals surface area contributed by atoms with Gasteiger partial charge in [-0.1, -0.05) is 19.8 Å². The number of nitrogens with zero attached hydrogens (tertiary/aromatic N) is 1. The number of hydrogen-bond acceptors (Lipinski definition) is 3. The maximum absolute atomic E-state index is 12.2. The standard InChI is InChI=1S/C15H27NO3/c1-2-3-4-7-19-11-15(18)16-9-12-5-6-14(16)13(8-12)10-17/h12-14,17H,2-11H2,1H3. The van der Waals surface area contributed by atoms with Crippen LogP contribution in [0.2, 0.25) is 0 Å². The minimum atomic E-state index is 0.115. The molecule has 0 aromatic carbocycles. The average molecular weight is 269 g/mol. The van der Waals surface area contributed by atoms with Gasteiger partial charge in [-0.15, -0.1) is 0 Å². The number of aliphatic hydroxyl groups is 1. The predicted molar refractivity (Wildman–Crippen MR) is 73.8 cm³/mol. The van der Waals surface area contributed by atoms with Crippen LogP contribution in [-0.4, -0.2) is 48.3 Å². The SMILES string of the molecule is CCCCCOCC(=O)N1CC2CCC1C(CO)C2. The Kier molecular flexibility index (Phi) is 5.64.